The van der Waals surface area contributed by atoms with Crippen LogP contribution in [0.25, 0.3) is 0 Å². The Balaban J connectivity index is 0.00000180. The van der Waals surface area contributed by atoms with Crippen LogP contribution in [0.15, 0.2) is 33.6 Å². The van der Waals surface area contributed by atoms with Crippen LogP contribution in [0.3, 0.4) is 0 Å². The minimum atomic E-state index is -3.54. The molecule has 1 unspecified atom stereocenters. The lowest BCUT2D eigenvalue weighted by atomic mass is 9.98. The monoisotopic (exact) mass is 368 g/mol. The lowest BCUT2D eigenvalue weighted by molar-refractivity contribution is 0.374. The first-order chi connectivity index (χ1) is 8.39. The molecule has 1 atom stereocenters. The van der Waals surface area contributed by atoms with E-state index in [2.05, 4.69) is 20.7 Å². The number of halogens is 2. The number of hydrogen-bond donors (Lipinski definition) is 2. The second kappa shape index (κ2) is 6.10. The average molecular weight is 370 g/mol. The van der Waals surface area contributed by atoms with Crippen LogP contribution in [0.4, 0.5) is 0 Å². The van der Waals surface area contributed by atoms with Gasteiger partial charge in [0.25, 0.3) is 0 Å². The summed E-state index contributed by atoms with van der Waals surface area (Å²) in [6.07, 6.45) is 2.07. The number of nitrogens with one attached hydrogen (secondary N) is 1. The van der Waals surface area contributed by atoms with E-state index < -0.39 is 15.6 Å². The van der Waals surface area contributed by atoms with Crippen molar-refractivity contribution in [3.63, 3.8) is 0 Å². The molecule has 1 aliphatic carbocycles. The van der Waals surface area contributed by atoms with Gasteiger partial charge in [-0.2, -0.15) is 0 Å². The Morgan fingerprint density at radius 2 is 2.00 bits per heavy atom. The Labute approximate surface area is 128 Å². The summed E-state index contributed by atoms with van der Waals surface area (Å²) in [5, 5.41) is 0. The van der Waals surface area contributed by atoms with Gasteiger partial charge in [-0.1, -0.05) is 12.1 Å². The Bertz CT molecular complexity index is 548. The molecule has 108 valence electrons. The van der Waals surface area contributed by atoms with Crippen LogP contribution in [0, 0.1) is 5.92 Å². The predicted molar refractivity (Wildman–Crippen MR) is 81.9 cm³/mol. The molecule has 1 aromatic rings. The Morgan fingerprint density at radius 1 is 1.42 bits per heavy atom. The molecule has 0 aliphatic heterocycles. The van der Waals surface area contributed by atoms with Crippen molar-refractivity contribution in [1.29, 1.82) is 0 Å². The molecule has 2 rings (SSSR count). The van der Waals surface area contributed by atoms with Crippen molar-refractivity contribution in [3.8, 4) is 0 Å². The minimum Gasteiger partial charge on any atom is -0.329 e. The summed E-state index contributed by atoms with van der Waals surface area (Å²) in [7, 11) is -3.54. The lowest BCUT2D eigenvalue weighted by Crippen LogP contribution is -2.53. The molecule has 0 heterocycles. The van der Waals surface area contributed by atoms with E-state index in [0.29, 0.717) is 16.9 Å². The van der Waals surface area contributed by atoms with Gasteiger partial charge in [-0.15, -0.1) is 12.4 Å². The van der Waals surface area contributed by atoms with E-state index in [1.54, 1.807) is 24.3 Å². The van der Waals surface area contributed by atoms with E-state index in [-0.39, 0.29) is 17.3 Å². The van der Waals surface area contributed by atoms with E-state index >= 15 is 0 Å². The summed E-state index contributed by atoms with van der Waals surface area (Å²) >= 11 is 3.26. The highest BCUT2D eigenvalue weighted by Crippen LogP contribution is 2.40. The van der Waals surface area contributed by atoms with Gasteiger partial charge >= 0.3 is 0 Å². The topological polar surface area (TPSA) is 72.2 Å². The maximum absolute atomic E-state index is 12.4. The van der Waals surface area contributed by atoms with Gasteiger partial charge in [0.05, 0.1) is 4.90 Å². The van der Waals surface area contributed by atoms with Crippen molar-refractivity contribution in [2.24, 2.45) is 11.7 Å². The number of sulfonamides is 1. The number of nitrogens with two attached hydrogens (primary N) is 1. The molecule has 1 saturated carbocycles. The van der Waals surface area contributed by atoms with Gasteiger partial charge < -0.3 is 5.73 Å². The van der Waals surface area contributed by atoms with Crippen molar-refractivity contribution in [1.82, 2.24) is 4.72 Å². The molecular formula is C12H18BrClN2O2S. The summed E-state index contributed by atoms with van der Waals surface area (Å²) in [5.41, 5.74) is 5.19. The van der Waals surface area contributed by atoms with E-state index in [1.807, 2.05) is 6.92 Å². The lowest BCUT2D eigenvalue weighted by Gasteiger charge is -2.29. The molecule has 1 aliphatic rings. The third-order valence-electron chi connectivity index (χ3n) is 3.40. The normalized spacial score (nSPS) is 18.5. The fraction of sp³-hybridized carbons (Fsp3) is 0.500. The van der Waals surface area contributed by atoms with Gasteiger partial charge in [0.1, 0.15) is 0 Å². The van der Waals surface area contributed by atoms with Crippen molar-refractivity contribution in [2.45, 2.75) is 30.2 Å². The van der Waals surface area contributed by atoms with E-state index in [4.69, 9.17) is 5.73 Å². The van der Waals surface area contributed by atoms with Gasteiger partial charge in [0.2, 0.25) is 10.0 Å². The summed E-state index contributed by atoms with van der Waals surface area (Å²) < 4.78 is 28.0. The first-order valence-electron chi connectivity index (χ1n) is 5.87. The first kappa shape index (κ1) is 16.9. The molecule has 1 fully saturated rings. The second-order valence-corrected chi connectivity index (χ2v) is 7.44. The predicted octanol–water partition coefficient (Wildman–Crippen LogP) is 2.28. The van der Waals surface area contributed by atoms with Crippen molar-refractivity contribution in [2.75, 3.05) is 6.54 Å². The summed E-state index contributed by atoms with van der Waals surface area (Å²) in [6, 6.07) is 6.78. The molecule has 0 spiro atoms. The summed E-state index contributed by atoms with van der Waals surface area (Å²) in [6.45, 7) is 2.18. The molecule has 0 saturated heterocycles. The van der Waals surface area contributed by atoms with Crippen molar-refractivity contribution < 1.29 is 8.42 Å². The zero-order valence-electron chi connectivity index (χ0n) is 10.6. The fourth-order valence-corrected chi connectivity index (χ4v) is 4.52. The molecular weight excluding hydrogens is 352 g/mol. The molecule has 1 aromatic carbocycles. The van der Waals surface area contributed by atoms with Crippen LogP contribution in [0.5, 0.6) is 0 Å². The van der Waals surface area contributed by atoms with Gasteiger partial charge in [-0.3, -0.25) is 0 Å². The molecule has 19 heavy (non-hydrogen) atoms. The molecule has 4 nitrogen and oxygen atoms in total. The Hall–Kier alpha value is -0.140. The quantitative estimate of drug-likeness (QED) is 0.836. The van der Waals surface area contributed by atoms with Crippen LogP contribution in [-0.2, 0) is 10.0 Å². The van der Waals surface area contributed by atoms with E-state index in [9.17, 15) is 8.42 Å². The van der Waals surface area contributed by atoms with Gasteiger partial charge in [0.15, 0.2) is 0 Å². The third kappa shape index (κ3) is 3.70. The van der Waals surface area contributed by atoms with Crippen molar-refractivity contribution in [3.05, 3.63) is 28.7 Å². The van der Waals surface area contributed by atoms with Crippen LogP contribution < -0.4 is 10.5 Å². The summed E-state index contributed by atoms with van der Waals surface area (Å²) in [4.78, 5) is 0.255. The maximum atomic E-state index is 12.4. The third-order valence-corrected chi connectivity index (χ3v) is 6.02. The molecule has 0 bridgehead atoms. The molecule has 7 heteroatoms. The molecule has 0 aromatic heterocycles. The van der Waals surface area contributed by atoms with E-state index in [0.717, 1.165) is 12.8 Å². The zero-order valence-corrected chi connectivity index (χ0v) is 13.8. The highest BCUT2D eigenvalue weighted by Gasteiger charge is 2.43. The fourth-order valence-electron chi connectivity index (χ4n) is 2.04. The number of hydrogen-bond acceptors (Lipinski definition) is 3. The largest absolute Gasteiger partial charge is 0.329 e. The highest BCUT2D eigenvalue weighted by molar-refractivity contribution is 9.10. The molecule has 0 radical (unpaired) electrons. The maximum Gasteiger partial charge on any atom is 0.242 e. The minimum absolute atomic E-state index is 0. The van der Waals surface area contributed by atoms with Crippen LogP contribution in [0.2, 0.25) is 0 Å². The van der Waals surface area contributed by atoms with Gasteiger partial charge in [-0.25, -0.2) is 13.1 Å². The van der Waals surface area contributed by atoms with Crippen molar-refractivity contribution >= 4 is 38.4 Å². The molecule has 3 N–H and O–H groups in total. The van der Waals surface area contributed by atoms with Crippen LogP contribution in [-0.4, -0.2) is 20.5 Å². The number of benzene rings is 1. The number of rotatable bonds is 5. The van der Waals surface area contributed by atoms with E-state index in [1.165, 1.54) is 0 Å². The van der Waals surface area contributed by atoms with Crippen LogP contribution >= 0.6 is 28.3 Å². The van der Waals surface area contributed by atoms with Gasteiger partial charge in [-0.05, 0) is 53.7 Å². The SMILES string of the molecule is CC(CN)(NS(=O)(=O)c1ccccc1Br)C1CC1.Cl. The van der Waals surface area contributed by atoms with Crippen LogP contribution in [0.1, 0.15) is 19.8 Å². The van der Waals surface area contributed by atoms with Gasteiger partial charge in [0, 0.05) is 16.6 Å². The Morgan fingerprint density at radius 3 is 2.47 bits per heavy atom. The standard InChI is InChI=1S/C12H17BrN2O2S.ClH/c1-12(8-14,9-6-7-9)15-18(16,17)11-5-3-2-4-10(11)13;/h2-5,9,15H,6-8,14H2,1H3;1H. The Kier molecular flexibility index (Phi) is 5.43. The smallest absolute Gasteiger partial charge is 0.242 e. The molecule has 0 amide bonds. The zero-order chi connectivity index (χ0) is 13.4. The summed E-state index contributed by atoms with van der Waals surface area (Å²) in [5.74, 6) is 0.347. The first-order valence-corrected chi connectivity index (χ1v) is 8.15. The second-order valence-electron chi connectivity index (χ2n) is 4.93. The highest BCUT2D eigenvalue weighted by atomic mass is 79.9. The average Bonchev–Trinajstić information content (AvgIpc) is 3.12.